The van der Waals surface area contributed by atoms with Crippen LogP contribution in [0.1, 0.15) is 49.0 Å². The molecule has 1 aromatic carbocycles. The summed E-state index contributed by atoms with van der Waals surface area (Å²) in [5.74, 6) is -0.00985. The SMILES string of the molecule is C[N+](C)(CCc1ccccc1)C1CCN(C(=O)C(O)(c2cccs2)C2CCCC2)CC1. The number of quaternary nitrogens is 1. The summed E-state index contributed by atoms with van der Waals surface area (Å²) in [5.41, 5.74) is 0.0498. The Balaban J connectivity index is 1.39. The van der Waals surface area contributed by atoms with Gasteiger partial charge in [0.15, 0.2) is 5.60 Å². The van der Waals surface area contributed by atoms with Crippen molar-refractivity contribution in [1.82, 2.24) is 4.90 Å². The molecule has 1 atom stereocenters. The van der Waals surface area contributed by atoms with Gasteiger partial charge in [0, 0.05) is 43.1 Å². The summed E-state index contributed by atoms with van der Waals surface area (Å²) in [6, 6.07) is 15.1. The number of thiophene rings is 1. The summed E-state index contributed by atoms with van der Waals surface area (Å²) in [6.45, 7) is 2.59. The van der Waals surface area contributed by atoms with Gasteiger partial charge in [0.05, 0.1) is 26.7 Å². The van der Waals surface area contributed by atoms with E-state index >= 15 is 0 Å². The average Bonchev–Trinajstić information content (AvgIpc) is 3.53. The molecule has 5 heteroatoms. The number of nitrogens with zero attached hydrogens (tertiary/aromatic N) is 2. The molecule has 2 fully saturated rings. The number of carbonyl (C=O) groups is 1. The number of rotatable bonds is 7. The van der Waals surface area contributed by atoms with E-state index in [-0.39, 0.29) is 11.8 Å². The van der Waals surface area contributed by atoms with Crippen molar-refractivity contribution < 1.29 is 14.4 Å². The van der Waals surface area contributed by atoms with Crippen molar-refractivity contribution in [3.8, 4) is 0 Å². The van der Waals surface area contributed by atoms with Crippen LogP contribution >= 0.6 is 11.3 Å². The van der Waals surface area contributed by atoms with Crippen molar-refractivity contribution in [1.29, 1.82) is 0 Å². The maximum atomic E-state index is 13.7. The van der Waals surface area contributed by atoms with Gasteiger partial charge < -0.3 is 14.5 Å². The molecule has 1 saturated carbocycles. The van der Waals surface area contributed by atoms with E-state index in [0.29, 0.717) is 6.04 Å². The molecule has 0 bridgehead atoms. The Hall–Kier alpha value is -1.69. The molecule has 1 N–H and O–H groups in total. The van der Waals surface area contributed by atoms with Gasteiger partial charge in [0.1, 0.15) is 0 Å². The van der Waals surface area contributed by atoms with Crippen LogP contribution in [0.15, 0.2) is 47.8 Å². The first-order valence-electron chi connectivity index (χ1n) is 11.8. The van der Waals surface area contributed by atoms with Crippen molar-refractivity contribution in [2.24, 2.45) is 5.92 Å². The highest BCUT2D eigenvalue weighted by atomic mass is 32.1. The second kappa shape index (κ2) is 9.43. The lowest BCUT2D eigenvalue weighted by atomic mass is 9.82. The molecule has 4 rings (SSSR count). The first-order valence-corrected chi connectivity index (χ1v) is 12.7. The van der Waals surface area contributed by atoms with E-state index < -0.39 is 5.60 Å². The lowest BCUT2D eigenvalue weighted by Gasteiger charge is -2.45. The minimum atomic E-state index is -1.34. The van der Waals surface area contributed by atoms with E-state index in [2.05, 4.69) is 44.4 Å². The standard InChI is InChI=1S/C26H37N2O2S/c1-28(2,19-16-21-9-4-3-5-10-21)23-14-17-27(18-15-23)25(29)26(30,22-11-6-7-12-22)24-13-8-20-31-24/h3-5,8-10,13,20,22-23,30H,6-7,11-12,14-19H2,1-2H3/q+1. The number of likely N-dealkylation sites (tertiary alicyclic amines) is 1. The van der Waals surface area contributed by atoms with Gasteiger partial charge in [-0.15, -0.1) is 11.3 Å². The Bertz CT molecular complexity index is 838. The zero-order chi connectivity index (χ0) is 21.9. The zero-order valence-electron chi connectivity index (χ0n) is 19.0. The summed E-state index contributed by atoms with van der Waals surface area (Å²) in [6.07, 6.45) is 7.19. The van der Waals surface area contributed by atoms with Gasteiger partial charge in [0.25, 0.3) is 5.91 Å². The van der Waals surface area contributed by atoms with Crippen LogP contribution in [0.5, 0.6) is 0 Å². The zero-order valence-corrected chi connectivity index (χ0v) is 19.8. The number of aliphatic hydroxyl groups is 1. The summed E-state index contributed by atoms with van der Waals surface area (Å²) in [4.78, 5) is 16.4. The van der Waals surface area contributed by atoms with Crippen LogP contribution in [0.2, 0.25) is 0 Å². The van der Waals surface area contributed by atoms with Crippen LogP contribution in [0.25, 0.3) is 0 Å². The Kier molecular flexibility index (Phi) is 6.85. The highest BCUT2D eigenvalue weighted by molar-refractivity contribution is 7.10. The predicted octanol–water partition coefficient (Wildman–Crippen LogP) is 4.44. The Morgan fingerprint density at radius 3 is 2.35 bits per heavy atom. The van der Waals surface area contributed by atoms with Gasteiger partial charge in [-0.25, -0.2) is 0 Å². The first-order chi connectivity index (χ1) is 14.9. The molecule has 31 heavy (non-hydrogen) atoms. The first kappa shape index (κ1) is 22.5. The Morgan fingerprint density at radius 1 is 1.06 bits per heavy atom. The number of hydrogen-bond acceptors (Lipinski definition) is 3. The third kappa shape index (κ3) is 4.74. The molecular formula is C26H37N2O2S+. The van der Waals surface area contributed by atoms with Crippen molar-refractivity contribution in [2.45, 2.75) is 56.6 Å². The van der Waals surface area contributed by atoms with Gasteiger partial charge in [0.2, 0.25) is 0 Å². The molecule has 0 spiro atoms. The number of likely N-dealkylation sites (N-methyl/N-ethyl adjacent to an activating group) is 1. The van der Waals surface area contributed by atoms with E-state index in [1.54, 1.807) is 0 Å². The minimum Gasteiger partial charge on any atom is -0.374 e. The fourth-order valence-electron chi connectivity index (χ4n) is 5.57. The molecule has 1 amide bonds. The lowest BCUT2D eigenvalue weighted by Crippen LogP contribution is -2.58. The number of piperidine rings is 1. The van der Waals surface area contributed by atoms with E-state index in [1.807, 2.05) is 22.4 Å². The fraction of sp³-hybridized carbons (Fsp3) is 0.577. The maximum absolute atomic E-state index is 13.7. The topological polar surface area (TPSA) is 40.5 Å². The van der Waals surface area contributed by atoms with Crippen molar-refractivity contribution in [2.75, 3.05) is 33.7 Å². The van der Waals surface area contributed by atoms with Crippen LogP contribution in [0, 0.1) is 5.92 Å². The van der Waals surface area contributed by atoms with Crippen molar-refractivity contribution >= 4 is 17.2 Å². The molecule has 1 aromatic heterocycles. The lowest BCUT2D eigenvalue weighted by molar-refractivity contribution is -0.916. The highest BCUT2D eigenvalue weighted by Crippen LogP contribution is 2.43. The van der Waals surface area contributed by atoms with Crippen LogP contribution in [0.3, 0.4) is 0 Å². The Morgan fingerprint density at radius 2 is 1.74 bits per heavy atom. The summed E-state index contributed by atoms with van der Waals surface area (Å²) >= 11 is 1.52. The van der Waals surface area contributed by atoms with Crippen molar-refractivity contribution in [3.63, 3.8) is 0 Å². The van der Waals surface area contributed by atoms with Gasteiger partial charge in [-0.3, -0.25) is 4.79 Å². The molecule has 1 unspecified atom stereocenters. The third-order valence-corrected chi connectivity index (χ3v) is 8.72. The van der Waals surface area contributed by atoms with Gasteiger partial charge >= 0.3 is 0 Å². The second-order valence-corrected chi connectivity index (χ2v) is 10.9. The normalized spacial score (nSPS) is 20.7. The number of amides is 1. The van der Waals surface area contributed by atoms with E-state index in [4.69, 9.17) is 0 Å². The predicted molar refractivity (Wildman–Crippen MR) is 127 cm³/mol. The minimum absolute atomic E-state index is 0.0504. The van der Waals surface area contributed by atoms with Crippen molar-refractivity contribution in [3.05, 3.63) is 58.3 Å². The average molecular weight is 442 g/mol. The number of carbonyl (C=O) groups excluding carboxylic acids is 1. The summed E-state index contributed by atoms with van der Waals surface area (Å²) < 4.78 is 0.981. The molecule has 1 saturated heterocycles. The number of benzene rings is 1. The van der Waals surface area contributed by atoms with E-state index in [9.17, 15) is 9.90 Å². The van der Waals surface area contributed by atoms with E-state index in [1.165, 1.54) is 16.9 Å². The Labute approximate surface area is 191 Å². The van der Waals surface area contributed by atoms with Crippen LogP contribution in [-0.2, 0) is 16.8 Å². The maximum Gasteiger partial charge on any atom is 0.260 e. The van der Waals surface area contributed by atoms with Gasteiger partial charge in [-0.1, -0.05) is 49.2 Å². The van der Waals surface area contributed by atoms with Crippen LogP contribution < -0.4 is 0 Å². The smallest absolute Gasteiger partial charge is 0.260 e. The van der Waals surface area contributed by atoms with Crippen LogP contribution in [0.4, 0.5) is 0 Å². The number of hydrogen-bond donors (Lipinski definition) is 1. The largest absolute Gasteiger partial charge is 0.374 e. The monoisotopic (exact) mass is 441 g/mol. The quantitative estimate of drug-likeness (QED) is 0.646. The summed E-state index contributed by atoms with van der Waals surface area (Å²) in [7, 11) is 4.65. The molecule has 2 aliphatic rings. The molecule has 1 aliphatic heterocycles. The molecule has 2 heterocycles. The van der Waals surface area contributed by atoms with Gasteiger partial charge in [-0.05, 0) is 29.9 Å². The molecule has 1 aliphatic carbocycles. The highest BCUT2D eigenvalue weighted by Gasteiger charge is 2.50. The van der Waals surface area contributed by atoms with E-state index in [0.717, 1.165) is 73.9 Å². The second-order valence-electron chi connectivity index (χ2n) is 9.99. The molecule has 4 nitrogen and oxygen atoms in total. The molecule has 0 radical (unpaired) electrons. The molecular weight excluding hydrogens is 404 g/mol. The van der Waals surface area contributed by atoms with Gasteiger partial charge in [-0.2, -0.15) is 0 Å². The summed E-state index contributed by atoms with van der Waals surface area (Å²) in [5, 5.41) is 13.7. The third-order valence-electron chi connectivity index (χ3n) is 7.73. The molecule has 2 aromatic rings. The fourth-order valence-corrected chi connectivity index (χ4v) is 6.47. The van der Waals surface area contributed by atoms with Crippen LogP contribution in [-0.4, -0.2) is 60.2 Å². The molecule has 168 valence electrons.